The lowest BCUT2D eigenvalue weighted by molar-refractivity contribution is -0.141. The molecule has 0 aliphatic heterocycles. The van der Waals surface area contributed by atoms with Crippen molar-refractivity contribution in [3.8, 4) is 0 Å². The summed E-state index contributed by atoms with van der Waals surface area (Å²) in [7, 11) is 0. The minimum atomic E-state index is -0.985. The van der Waals surface area contributed by atoms with E-state index in [0.717, 1.165) is 18.4 Å². The molecule has 2 rings (SSSR count). The van der Waals surface area contributed by atoms with Gasteiger partial charge in [-0.25, -0.2) is 4.79 Å². The molecule has 3 N–H and O–H groups in total. The lowest BCUT2D eigenvalue weighted by Gasteiger charge is -2.14. The Balaban J connectivity index is 1.77. The van der Waals surface area contributed by atoms with Gasteiger partial charge in [-0.1, -0.05) is 30.3 Å². The maximum Gasteiger partial charge on any atom is 0.326 e. The Morgan fingerprint density at radius 1 is 1.25 bits per heavy atom. The summed E-state index contributed by atoms with van der Waals surface area (Å²) >= 11 is 0. The fourth-order valence-electron chi connectivity index (χ4n) is 1.98. The fourth-order valence-corrected chi connectivity index (χ4v) is 1.98. The number of carboxylic acids is 1. The van der Waals surface area contributed by atoms with E-state index >= 15 is 0 Å². The molecular formula is C15H20N2O3. The highest BCUT2D eigenvalue weighted by molar-refractivity contribution is 5.84. The van der Waals surface area contributed by atoms with E-state index in [2.05, 4.69) is 10.6 Å². The van der Waals surface area contributed by atoms with Crippen molar-refractivity contribution in [2.75, 3.05) is 6.54 Å². The third kappa shape index (κ3) is 5.01. The van der Waals surface area contributed by atoms with E-state index in [0.29, 0.717) is 18.9 Å². The van der Waals surface area contributed by atoms with Crippen LogP contribution in [0.1, 0.15) is 24.8 Å². The first-order valence-corrected chi connectivity index (χ1v) is 6.94. The molecule has 1 aliphatic rings. The van der Waals surface area contributed by atoms with E-state index in [1.165, 1.54) is 0 Å². The predicted octanol–water partition coefficient (Wildman–Crippen LogP) is 0.941. The lowest BCUT2D eigenvalue weighted by atomic mass is 10.1. The van der Waals surface area contributed by atoms with Gasteiger partial charge in [0.25, 0.3) is 0 Å². The van der Waals surface area contributed by atoms with Gasteiger partial charge < -0.3 is 15.7 Å². The minimum absolute atomic E-state index is 0.194. The Kier molecular flexibility index (Phi) is 5.12. The lowest BCUT2D eigenvalue weighted by Crippen LogP contribution is -2.45. The SMILES string of the molecule is O=C(CNC1CC1)N[C@@H](CCc1ccccc1)C(=O)O. The Labute approximate surface area is 118 Å². The Bertz CT molecular complexity index is 457. The van der Waals surface area contributed by atoms with Crippen LogP contribution in [-0.2, 0) is 16.0 Å². The number of carbonyl (C=O) groups excluding carboxylic acids is 1. The van der Waals surface area contributed by atoms with Crippen LogP contribution in [0.5, 0.6) is 0 Å². The van der Waals surface area contributed by atoms with Crippen LogP contribution in [-0.4, -0.2) is 35.6 Å². The van der Waals surface area contributed by atoms with Gasteiger partial charge in [-0.3, -0.25) is 4.79 Å². The molecule has 20 heavy (non-hydrogen) atoms. The average molecular weight is 276 g/mol. The Hall–Kier alpha value is -1.88. The molecule has 108 valence electrons. The molecule has 0 aromatic heterocycles. The zero-order valence-electron chi connectivity index (χ0n) is 11.3. The monoisotopic (exact) mass is 276 g/mol. The maximum absolute atomic E-state index is 11.7. The number of benzene rings is 1. The second-order valence-electron chi connectivity index (χ2n) is 5.14. The van der Waals surface area contributed by atoms with Gasteiger partial charge in [-0.15, -0.1) is 0 Å². The van der Waals surface area contributed by atoms with E-state index in [4.69, 9.17) is 5.11 Å². The van der Waals surface area contributed by atoms with E-state index in [1.54, 1.807) is 0 Å². The zero-order chi connectivity index (χ0) is 14.4. The van der Waals surface area contributed by atoms with Gasteiger partial charge >= 0.3 is 5.97 Å². The highest BCUT2D eigenvalue weighted by Crippen LogP contribution is 2.17. The van der Waals surface area contributed by atoms with Crippen molar-refractivity contribution in [1.82, 2.24) is 10.6 Å². The van der Waals surface area contributed by atoms with Crippen LogP contribution in [0.15, 0.2) is 30.3 Å². The van der Waals surface area contributed by atoms with Crippen molar-refractivity contribution in [3.63, 3.8) is 0 Å². The fraction of sp³-hybridized carbons (Fsp3) is 0.467. The van der Waals surface area contributed by atoms with E-state index in [-0.39, 0.29) is 12.5 Å². The molecule has 1 amide bonds. The molecule has 0 unspecified atom stereocenters. The molecule has 1 aromatic carbocycles. The number of rotatable bonds is 8. The van der Waals surface area contributed by atoms with Crippen molar-refractivity contribution < 1.29 is 14.7 Å². The third-order valence-corrected chi connectivity index (χ3v) is 3.33. The van der Waals surface area contributed by atoms with Crippen LogP contribution in [0.3, 0.4) is 0 Å². The molecule has 1 aromatic rings. The number of aryl methyl sites for hydroxylation is 1. The van der Waals surface area contributed by atoms with Gasteiger partial charge in [0.1, 0.15) is 6.04 Å². The molecule has 1 saturated carbocycles. The van der Waals surface area contributed by atoms with Crippen molar-refractivity contribution in [1.29, 1.82) is 0 Å². The molecule has 5 nitrogen and oxygen atoms in total. The normalized spacial score (nSPS) is 15.6. The molecule has 0 bridgehead atoms. The molecule has 1 atom stereocenters. The summed E-state index contributed by atoms with van der Waals surface area (Å²) in [6, 6.07) is 9.28. The highest BCUT2D eigenvalue weighted by atomic mass is 16.4. The highest BCUT2D eigenvalue weighted by Gasteiger charge is 2.23. The first-order valence-electron chi connectivity index (χ1n) is 6.94. The van der Waals surface area contributed by atoms with Crippen molar-refractivity contribution in [3.05, 3.63) is 35.9 Å². The molecule has 0 radical (unpaired) electrons. The van der Waals surface area contributed by atoms with Gasteiger partial charge in [0.15, 0.2) is 0 Å². The smallest absolute Gasteiger partial charge is 0.326 e. The van der Waals surface area contributed by atoms with Gasteiger partial charge in [0.2, 0.25) is 5.91 Å². The van der Waals surface area contributed by atoms with Gasteiger partial charge in [-0.2, -0.15) is 0 Å². The van der Waals surface area contributed by atoms with Crippen molar-refractivity contribution in [2.45, 2.75) is 37.8 Å². The van der Waals surface area contributed by atoms with Crippen molar-refractivity contribution >= 4 is 11.9 Å². The van der Waals surface area contributed by atoms with Crippen LogP contribution in [0.4, 0.5) is 0 Å². The van der Waals surface area contributed by atoms with Gasteiger partial charge in [-0.05, 0) is 31.2 Å². The van der Waals surface area contributed by atoms with Crippen LogP contribution in [0, 0.1) is 0 Å². The zero-order valence-corrected chi connectivity index (χ0v) is 11.3. The molecule has 0 spiro atoms. The largest absolute Gasteiger partial charge is 0.480 e. The predicted molar refractivity (Wildman–Crippen MR) is 75.4 cm³/mol. The summed E-state index contributed by atoms with van der Waals surface area (Å²) < 4.78 is 0. The van der Waals surface area contributed by atoms with E-state index < -0.39 is 12.0 Å². The standard InChI is InChI=1S/C15H20N2O3/c18-14(10-16-12-7-8-12)17-13(15(19)20)9-6-11-4-2-1-3-5-11/h1-5,12-13,16H,6-10H2,(H,17,18)(H,19,20)/t13-/m0/s1. The number of hydrogen-bond donors (Lipinski definition) is 3. The summed E-state index contributed by atoms with van der Waals surface area (Å²) in [5, 5.41) is 14.8. The topological polar surface area (TPSA) is 78.4 Å². The molecule has 0 heterocycles. The number of nitrogens with one attached hydrogen (secondary N) is 2. The number of carboxylic acid groups (broad SMARTS) is 1. The van der Waals surface area contributed by atoms with Crippen molar-refractivity contribution in [2.24, 2.45) is 0 Å². The Morgan fingerprint density at radius 2 is 1.95 bits per heavy atom. The second kappa shape index (κ2) is 7.05. The van der Waals surface area contributed by atoms with Crippen LogP contribution in [0.25, 0.3) is 0 Å². The molecular weight excluding hydrogens is 256 g/mol. The first-order chi connectivity index (χ1) is 9.65. The minimum Gasteiger partial charge on any atom is -0.480 e. The quantitative estimate of drug-likeness (QED) is 0.660. The van der Waals surface area contributed by atoms with Gasteiger partial charge in [0.05, 0.1) is 6.54 Å². The summed E-state index contributed by atoms with van der Waals surface area (Å²) in [6.45, 7) is 0.194. The molecule has 0 saturated heterocycles. The number of hydrogen-bond acceptors (Lipinski definition) is 3. The van der Waals surface area contributed by atoms with E-state index in [9.17, 15) is 9.59 Å². The molecule has 1 aliphatic carbocycles. The van der Waals surface area contributed by atoms with Gasteiger partial charge in [0, 0.05) is 6.04 Å². The molecule has 1 fully saturated rings. The third-order valence-electron chi connectivity index (χ3n) is 3.33. The number of aliphatic carboxylic acids is 1. The second-order valence-corrected chi connectivity index (χ2v) is 5.14. The average Bonchev–Trinajstić information content (AvgIpc) is 3.26. The summed E-state index contributed by atoms with van der Waals surface area (Å²) in [4.78, 5) is 22.8. The number of carbonyl (C=O) groups is 2. The first kappa shape index (κ1) is 14.5. The van der Waals surface area contributed by atoms with Crippen LogP contribution in [0.2, 0.25) is 0 Å². The summed E-state index contributed by atoms with van der Waals surface area (Å²) in [5.74, 6) is -1.24. The molecule has 5 heteroatoms. The maximum atomic E-state index is 11.7. The van der Waals surface area contributed by atoms with Crippen LogP contribution < -0.4 is 10.6 Å². The summed E-state index contributed by atoms with van der Waals surface area (Å²) in [5.41, 5.74) is 1.07. The van der Waals surface area contributed by atoms with E-state index in [1.807, 2.05) is 30.3 Å². The van der Waals surface area contributed by atoms with Crippen LogP contribution >= 0.6 is 0 Å². The Morgan fingerprint density at radius 3 is 2.55 bits per heavy atom. The summed E-state index contributed by atoms with van der Waals surface area (Å²) in [6.07, 6.45) is 3.23. The number of amides is 1.